The van der Waals surface area contributed by atoms with Gasteiger partial charge >= 0.3 is 5.97 Å². The molecule has 5 rings (SSSR count). The highest BCUT2D eigenvalue weighted by molar-refractivity contribution is 6.24. The Bertz CT molecular complexity index is 1370. The molecule has 0 radical (unpaired) electrons. The SMILES string of the molecule is O=C1C2C(c3cccc4ccccc34)NC(CO)(C(=O)O)C2C(=O)N1c1cccc([N+](=O)[O-])c1. The molecule has 2 heterocycles. The first-order chi connectivity index (χ1) is 16.3. The van der Waals surface area contributed by atoms with Crippen LogP contribution in [-0.4, -0.2) is 45.1 Å². The molecule has 0 spiro atoms. The Kier molecular flexibility index (Phi) is 4.92. The van der Waals surface area contributed by atoms with Crippen LogP contribution in [-0.2, 0) is 14.4 Å². The van der Waals surface area contributed by atoms with E-state index in [4.69, 9.17) is 0 Å². The van der Waals surface area contributed by atoms with Gasteiger partial charge in [-0.05, 0) is 22.4 Å². The van der Waals surface area contributed by atoms with E-state index in [0.29, 0.717) is 5.56 Å². The number of nitrogens with one attached hydrogen (secondary N) is 1. The number of non-ortho nitro benzene ring substituents is 1. The molecule has 172 valence electrons. The molecule has 4 atom stereocenters. The van der Waals surface area contributed by atoms with E-state index in [2.05, 4.69) is 5.32 Å². The molecule has 2 fully saturated rings. The molecule has 0 bridgehead atoms. The molecule has 10 nitrogen and oxygen atoms in total. The summed E-state index contributed by atoms with van der Waals surface area (Å²) < 4.78 is 0. The summed E-state index contributed by atoms with van der Waals surface area (Å²) in [7, 11) is 0. The third-order valence-corrected chi connectivity index (χ3v) is 6.74. The van der Waals surface area contributed by atoms with E-state index in [0.717, 1.165) is 21.7 Å². The number of carboxylic acid groups (broad SMARTS) is 1. The number of hydrogen-bond acceptors (Lipinski definition) is 7. The fraction of sp³-hybridized carbons (Fsp3) is 0.208. The number of carbonyl (C=O) groups is 3. The molecule has 3 aromatic rings. The first-order valence-electron chi connectivity index (χ1n) is 10.5. The van der Waals surface area contributed by atoms with E-state index in [9.17, 15) is 34.7 Å². The highest BCUT2D eigenvalue weighted by Gasteiger charge is 2.68. The second-order valence-electron chi connectivity index (χ2n) is 8.42. The van der Waals surface area contributed by atoms with E-state index in [1.807, 2.05) is 30.3 Å². The van der Waals surface area contributed by atoms with Crippen molar-refractivity contribution in [3.63, 3.8) is 0 Å². The second kappa shape index (κ2) is 7.72. The predicted octanol–water partition coefficient (Wildman–Crippen LogP) is 2.01. The van der Waals surface area contributed by atoms with Crippen molar-refractivity contribution in [2.75, 3.05) is 11.5 Å². The zero-order valence-electron chi connectivity index (χ0n) is 17.6. The van der Waals surface area contributed by atoms with Crippen LogP contribution >= 0.6 is 0 Å². The number of hydrogen-bond donors (Lipinski definition) is 3. The minimum absolute atomic E-state index is 0.0208. The molecule has 2 aliphatic heterocycles. The molecule has 3 N–H and O–H groups in total. The standard InChI is InChI=1S/C24H19N3O7/c28-12-24(23(31)32)19-18(20(25-24)17-10-3-6-13-5-1-2-9-16(13)17)21(29)26(22(19)30)14-7-4-8-15(11-14)27(33)34/h1-11,18-20,25,28H,12H2,(H,31,32). The fourth-order valence-corrected chi connectivity index (χ4v) is 5.20. The van der Waals surface area contributed by atoms with Crippen molar-refractivity contribution in [1.29, 1.82) is 0 Å². The van der Waals surface area contributed by atoms with Gasteiger partial charge in [-0.25, -0.2) is 4.90 Å². The average Bonchev–Trinajstić information content (AvgIpc) is 3.32. The maximum atomic E-state index is 13.6. The number of aliphatic carboxylic acids is 1. The zero-order chi connectivity index (χ0) is 24.2. The van der Waals surface area contributed by atoms with Gasteiger partial charge in [0.15, 0.2) is 5.54 Å². The summed E-state index contributed by atoms with van der Waals surface area (Å²) in [5, 5.41) is 36.0. The maximum Gasteiger partial charge on any atom is 0.327 e. The first-order valence-corrected chi connectivity index (χ1v) is 10.5. The van der Waals surface area contributed by atoms with Crippen LogP contribution in [0.1, 0.15) is 11.6 Å². The van der Waals surface area contributed by atoms with Gasteiger partial charge in [-0.15, -0.1) is 0 Å². The van der Waals surface area contributed by atoms with E-state index in [-0.39, 0.29) is 11.4 Å². The van der Waals surface area contributed by atoms with E-state index >= 15 is 0 Å². The minimum Gasteiger partial charge on any atom is -0.480 e. The van der Waals surface area contributed by atoms with Gasteiger partial charge in [0.25, 0.3) is 5.69 Å². The number of rotatable bonds is 5. The largest absolute Gasteiger partial charge is 0.480 e. The Hall–Kier alpha value is -4.15. The predicted molar refractivity (Wildman–Crippen MR) is 120 cm³/mol. The summed E-state index contributed by atoms with van der Waals surface area (Å²) in [6.45, 7) is -0.924. The van der Waals surface area contributed by atoms with Crippen molar-refractivity contribution in [3.8, 4) is 0 Å². The number of fused-ring (bicyclic) bond motifs is 2. The van der Waals surface area contributed by atoms with Gasteiger partial charge in [-0.1, -0.05) is 48.5 Å². The minimum atomic E-state index is -2.10. The van der Waals surface area contributed by atoms with Crippen LogP contribution in [0.5, 0.6) is 0 Å². The summed E-state index contributed by atoms with van der Waals surface area (Å²) >= 11 is 0. The molecular weight excluding hydrogens is 442 g/mol. The molecule has 4 unspecified atom stereocenters. The molecule has 0 aromatic heterocycles. The van der Waals surface area contributed by atoms with Crippen molar-refractivity contribution in [1.82, 2.24) is 5.32 Å². The lowest BCUT2D eigenvalue weighted by Crippen LogP contribution is -2.58. The van der Waals surface area contributed by atoms with Crippen molar-refractivity contribution in [2.24, 2.45) is 11.8 Å². The molecule has 0 saturated carbocycles. The van der Waals surface area contributed by atoms with Crippen LogP contribution in [0.3, 0.4) is 0 Å². The Morgan fingerprint density at radius 1 is 1.06 bits per heavy atom. The Balaban J connectivity index is 1.69. The van der Waals surface area contributed by atoms with Crippen molar-refractivity contribution in [3.05, 3.63) is 82.4 Å². The summed E-state index contributed by atoms with van der Waals surface area (Å²) in [4.78, 5) is 50.9. The van der Waals surface area contributed by atoms with Gasteiger partial charge in [0, 0.05) is 18.2 Å². The number of carboxylic acids is 1. The van der Waals surface area contributed by atoms with Crippen molar-refractivity contribution < 1.29 is 29.5 Å². The third-order valence-electron chi connectivity index (χ3n) is 6.74. The van der Waals surface area contributed by atoms with E-state index in [1.165, 1.54) is 18.2 Å². The van der Waals surface area contributed by atoms with Crippen molar-refractivity contribution >= 4 is 39.9 Å². The number of nitro groups is 1. The van der Waals surface area contributed by atoms with Gasteiger partial charge in [-0.3, -0.25) is 29.8 Å². The summed E-state index contributed by atoms with van der Waals surface area (Å²) in [6, 6.07) is 16.9. The fourth-order valence-electron chi connectivity index (χ4n) is 5.20. The second-order valence-corrected chi connectivity index (χ2v) is 8.42. The highest BCUT2D eigenvalue weighted by atomic mass is 16.6. The van der Waals surface area contributed by atoms with Gasteiger partial charge in [0.1, 0.15) is 0 Å². The van der Waals surface area contributed by atoms with E-state index < -0.39 is 52.7 Å². The van der Waals surface area contributed by atoms with Crippen LogP contribution in [0.4, 0.5) is 11.4 Å². The summed E-state index contributed by atoms with van der Waals surface area (Å²) in [5.74, 6) is -5.53. The van der Waals surface area contributed by atoms with Crippen LogP contribution in [0.15, 0.2) is 66.7 Å². The first kappa shape index (κ1) is 21.7. The van der Waals surface area contributed by atoms with Gasteiger partial charge in [-0.2, -0.15) is 0 Å². The van der Waals surface area contributed by atoms with Crippen LogP contribution in [0, 0.1) is 22.0 Å². The Morgan fingerprint density at radius 2 is 1.76 bits per heavy atom. The molecule has 2 saturated heterocycles. The quantitative estimate of drug-likeness (QED) is 0.297. The van der Waals surface area contributed by atoms with Crippen molar-refractivity contribution in [2.45, 2.75) is 11.6 Å². The van der Waals surface area contributed by atoms with Gasteiger partial charge in [0.2, 0.25) is 11.8 Å². The number of nitrogens with zero attached hydrogens (tertiary/aromatic N) is 2. The number of imide groups is 1. The molecule has 34 heavy (non-hydrogen) atoms. The number of nitro benzene ring substituents is 1. The van der Waals surface area contributed by atoms with Crippen LogP contribution < -0.4 is 10.2 Å². The number of aliphatic hydroxyl groups excluding tert-OH is 1. The zero-order valence-corrected chi connectivity index (χ0v) is 17.6. The average molecular weight is 461 g/mol. The lowest BCUT2D eigenvalue weighted by molar-refractivity contribution is -0.384. The number of benzene rings is 3. The highest BCUT2D eigenvalue weighted by Crippen LogP contribution is 2.50. The Labute approximate surface area is 192 Å². The molecule has 10 heteroatoms. The smallest absolute Gasteiger partial charge is 0.327 e. The monoisotopic (exact) mass is 461 g/mol. The van der Waals surface area contributed by atoms with Crippen LogP contribution in [0.2, 0.25) is 0 Å². The maximum absolute atomic E-state index is 13.6. The molecular formula is C24H19N3O7. The lowest BCUT2D eigenvalue weighted by Gasteiger charge is -2.29. The number of carbonyl (C=O) groups excluding carboxylic acids is 2. The van der Waals surface area contributed by atoms with Gasteiger partial charge < -0.3 is 10.2 Å². The molecule has 3 aromatic carbocycles. The lowest BCUT2D eigenvalue weighted by atomic mass is 9.79. The topological polar surface area (TPSA) is 150 Å². The summed E-state index contributed by atoms with van der Waals surface area (Å²) in [6.07, 6.45) is 0. The number of aliphatic hydroxyl groups is 1. The number of anilines is 1. The number of amides is 2. The Morgan fingerprint density at radius 3 is 2.47 bits per heavy atom. The van der Waals surface area contributed by atoms with Gasteiger partial charge in [0.05, 0.1) is 29.1 Å². The summed E-state index contributed by atoms with van der Waals surface area (Å²) in [5.41, 5.74) is -1.82. The normalized spacial score (nSPS) is 26.1. The van der Waals surface area contributed by atoms with Crippen LogP contribution in [0.25, 0.3) is 10.8 Å². The third kappa shape index (κ3) is 2.93. The molecule has 0 aliphatic carbocycles. The molecule has 2 aliphatic rings. The van der Waals surface area contributed by atoms with E-state index in [1.54, 1.807) is 12.1 Å². The molecule has 2 amide bonds.